The van der Waals surface area contributed by atoms with E-state index in [9.17, 15) is 13.2 Å². The standard InChI is InChI=1S/C16H18N2O3S/c1-12(14-9-7-13(8-10-14)11-16(17)19)18-22(20,21)15-5-3-2-4-6-15/h2-10,12,18H,11H2,1H3,(H2,17,19). The third-order valence-corrected chi connectivity index (χ3v) is 4.80. The van der Waals surface area contributed by atoms with Gasteiger partial charge in [-0.25, -0.2) is 13.1 Å². The number of hydrogen-bond acceptors (Lipinski definition) is 3. The molecule has 6 heteroatoms. The molecule has 1 amide bonds. The number of hydrogen-bond donors (Lipinski definition) is 2. The molecule has 22 heavy (non-hydrogen) atoms. The second-order valence-electron chi connectivity index (χ2n) is 5.04. The van der Waals surface area contributed by atoms with Crippen LogP contribution >= 0.6 is 0 Å². The Balaban J connectivity index is 2.12. The summed E-state index contributed by atoms with van der Waals surface area (Å²) >= 11 is 0. The molecular weight excluding hydrogens is 300 g/mol. The summed E-state index contributed by atoms with van der Waals surface area (Å²) in [6.07, 6.45) is 0.171. The Morgan fingerprint density at radius 3 is 2.23 bits per heavy atom. The lowest BCUT2D eigenvalue weighted by molar-refractivity contribution is -0.117. The number of rotatable bonds is 6. The van der Waals surface area contributed by atoms with E-state index in [1.807, 2.05) is 0 Å². The van der Waals surface area contributed by atoms with Crippen molar-refractivity contribution >= 4 is 15.9 Å². The predicted octanol–water partition coefficient (Wildman–Crippen LogP) is 1.75. The minimum Gasteiger partial charge on any atom is -0.369 e. The smallest absolute Gasteiger partial charge is 0.241 e. The van der Waals surface area contributed by atoms with Crippen LogP contribution in [0.1, 0.15) is 24.1 Å². The zero-order valence-corrected chi connectivity index (χ0v) is 13.0. The minimum absolute atomic E-state index is 0.171. The Morgan fingerprint density at radius 2 is 1.68 bits per heavy atom. The molecule has 0 bridgehead atoms. The zero-order valence-electron chi connectivity index (χ0n) is 12.2. The molecule has 2 rings (SSSR count). The highest BCUT2D eigenvalue weighted by Gasteiger charge is 2.17. The molecule has 2 aromatic carbocycles. The predicted molar refractivity (Wildman–Crippen MR) is 84.5 cm³/mol. The van der Waals surface area contributed by atoms with Gasteiger partial charge in [-0.2, -0.15) is 0 Å². The highest BCUT2D eigenvalue weighted by atomic mass is 32.2. The first-order valence-corrected chi connectivity index (χ1v) is 8.31. The van der Waals surface area contributed by atoms with Gasteiger partial charge in [0.1, 0.15) is 0 Å². The van der Waals surface area contributed by atoms with E-state index in [1.54, 1.807) is 61.5 Å². The molecule has 0 radical (unpaired) electrons. The topological polar surface area (TPSA) is 89.3 Å². The average molecular weight is 318 g/mol. The van der Waals surface area contributed by atoms with E-state index in [0.717, 1.165) is 11.1 Å². The van der Waals surface area contributed by atoms with E-state index < -0.39 is 15.9 Å². The van der Waals surface area contributed by atoms with Crippen molar-refractivity contribution in [1.29, 1.82) is 0 Å². The van der Waals surface area contributed by atoms with Gasteiger partial charge in [0.15, 0.2) is 0 Å². The molecule has 0 aliphatic heterocycles. The third kappa shape index (κ3) is 4.16. The molecule has 3 N–H and O–H groups in total. The van der Waals surface area contributed by atoms with Gasteiger partial charge in [0.25, 0.3) is 0 Å². The van der Waals surface area contributed by atoms with Gasteiger partial charge in [-0.05, 0) is 30.2 Å². The maximum Gasteiger partial charge on any atom is 0.241 e. The molecule has 0 aliphatic rings. The third-order valence-electron chi connectivity index (χ3n) is 3.24. The summed E-state index contributed by atoms with van der Waals surface area (Å²) in [4.78, 5) is 11.1. The van der Waals surface area contributed by atoms with Crippen LogP contribution in [0.5, 0.6) is 0 Å². The second kappa shape index (κ2) is 6.72. The molecule has 0 aromatic heterocycles. The van der Waals surface area contributed by atoms with E-state index in [2.05, 4.69) is 4.72 Å². The summed E-state index contributed by atoms with van der Waals surface area (Å²) in [7, 11) is -3.56. The monoisotopic (exact) mass is 318 g/mol. The second-order valence-corrected chi connectivity index (χ2v) is 6.75. The molecule has 0 heterocycles. The number of nitrogens with one attached hydrogen (secondary N) is 1. The van der Waals surface area contributed by atoms with Crippen LogP contribution in [-0.2, 0) is 21.2 Å². The first kappa shape index (κ1) is 16.2. The fraction of sp³-hybridized carbons (Fsp3) is 0.188. The fourth-order valence-electron chi connectivity index (χ4n) is 2.09. The Bertz CT molecular complexity index is 741. The Kier molecular flexibility index (Phi) is 4.95. The average Bonchev–Trinajstić information content (AvgIpc) is 2.48. The van der Waals surface area contributed by atoms with Gasteiger partial charge in [0.2, 0.25) is 15.9 Å². The van der Waals surface area contributed by atoms with Crippen LogP contribution in [0, 0.1) is 0 Å². The number of carbonyl (C=O) groups is 1. The normalized spacial score (nSPS) is 12.8. The first-order valence-electron chi connectivity index (χ1n) is 6.83. The number of carbonyl (C=O) groups excluding carboxylic acids is 1. The van der Waals surface area contributed by atoms with E-state index in [0.29, 0.717) is 0 Å². The zero-order chi connectivity index (χ0) is 16.2. The van der Waals surface area contributed by atoms with Crippen molar-refractivity contribution in [3.63, 3.8) is 0 Å². The molecule has 0 aliphatic carbocycles. The van der Waals surface area contributed by atoms with Crippen molar-refractivity contribution in [1.82, 2.24) is 4.72 Å². The van der Waals surface area contributed by atoms with E-state index >= 15 is 0 Å². The molecular formula is C16H18N2O3S. The molecule has 2 aromatic rings. The fourth-order valence-corrected chi connectivity index (χ4v) is 3.35. The number of primary amides is 1. The van der Waals surface area contributed by atoms with Crippen molar-refractivity contribution in [2.75, 3.05) is 0 Å². The molecule has 1 unspecified atom stereocenters. The highest BCUT2D eigenvalue weighted by Crippen LogP contribution is 2.17. The number of benzene rings is 2. The van der Waals surface area contributed by atoms with Gasteiger partial charge in [-0.15, -0.1) is 0 Å². The van der Waals surface area contributed by atoms with Gasteiger partial charge in [-0.1, -0.05) is 42.5 Å². The van der Waals surface area contributed by atoms with Crippen LogP contribution in [0.25, 0.3) is 0 Å². The summed E-state index contributed by atoms with van der Waals surface area (Å²) in [5.41, 5.74) is 6.75. The van der Waals surface area contributed by atoms with Crippen molar-refractivity contribution < 1.29 is 13.2 Å². The van der Waals surface area contributed by atoms with Crippen LogP contribution in [-0.4, -0.2) is 14.3 Å². The summed E-state index contributed by atoms with van der Waals surface area (Å²) in [6.45, 7) is 1.77. The number of amides is 1. The lowest BCUT2D eigenvalue weighted by Crippen LogP contribution is -2.26. The van der Waals surface area contributed by atoms with Crippen LogP contribution in [0.4, 0.5) is 0 Å². The maximum atomic E-state index is 12.3. The van der Waals surface area contributed by atoms with Crippen LogP contribution < -0.4 is 10.5 Å². The first-order chi connectivity index (χ1) is 10.4. The van der Waals surface area contributed by atoms with E-state index in [-0.39, 0.29) is 17.4 Å². The molecule has 0 fully saturated rings. The molecule has 5 nitrogen and oxygen atoms in total. The Hall–Kier alpha value is -2.18. The van der Waals surface area contributed by atoms with Crippen molar-refractivity contribution in [2.45, 2.75) is 24.3 Å². The summed E-state index contributed by atoms with van der Waals surface area (Å²) in [5, 5.41) is 0. The van der Waals surface area contributed by atoms with E-state index in [4.69, 9.17) is 5.73 Å². The molecule has 0 spiro atoms. The SMILES string of the molecule is CC(NS(=O)(=O)c1ccccc1)c1ccc(CC(N)=O)cc1. The molecule has 1 atom stereocenters. The van der Waals surface area contributed by atoms with Crippen molar-refractivity contribution in [3.05, 3.63) is 65.7 Å². The Labute approximate surface area is 130 Å². The number of sulfonamides is 1. The minimum atomic E-state index is -3.56. The number of nitrogens with two attached hydrogens (primary N) is 1. The van der Waals surface area contributed by atoms with Gasteiger partial charge in [-0.3, -0.25) is 4.79 Å². The van der Waals surface area contributed by atoms with Gasteiger partial charge < -0.3 is 5.73 Å². The molecule has 116 valence electrons. The lowest BCUT2D eigenvalue weighted by Gasteiger charge is -2.15. The van der Waals surface area contributed by atoms with Crippen molar-refractivity contribution in [3.8, 4) is 0 Å². The summed E-state index contributed by atoms with van der Waals surface area (Å²) in [6, 6.07) is 15.0. The maximum absolute atomic E-state index is 12.3. The van der Waals surface area contributed by atoms with Gasteiger partial charge >= 0.3 is 0 Å². The van der Waals surface area contributed by atoms with Crippen LogP contribution in [0.3, 0.4) is 0 Å². The van der Waals surface area contributed by atoms with E-state index in [1.165, 1.54) is 0 Å². The lowest BCUT2D eigenvalue weighted by atomic mass is 10.1. The van der Waals surface area contributed by atoms with Crippen molar-refractivity contribution in [2.24, 2.45) is 5.73 Å². The highest BCUT2D eigenvalue weighted by molar-refractivity contribution is 7.89. The van der Waals surface area contributed by atoms with Gasteiger partial charge in [0.05, 0.1) is 11.3 Å². The quantitative estimate of drug-likeness (QED) is 0.850. The summed E-state index contributed by atoms with van der Waals surface area (Å²) < 4.78 is 27.1. The summed E-state index contributed by atoms with van der Waals surface area (Å²) in [5.74, 6) is -0.398. The molecule has 0 saturated heterocycles. The van der Waals surface area contributed by atoms with Gasteiger partial charge in [0, 0.05) is 6.04 Å². The van der Waals surface area contributed by atoms with Crippen LogP contribution in [0.2, 0.25) is 0 Å². The largest absolute Gasteiger partial charge is 0.369 e. The Morgan fingerprint density at radius 1 is 1.09 bits per heavy atom. The van der Waals surface area contributed by atoms with Crippen LogP contribution in [0.15, 0.2) is 59.5 Å². The molecule has 0 saturated carbocycles.